The number of anilines is 2. The van der Waals surface area contributed by atoms with Crippen LogP contribution in [-0.2, 0) is 4.74 Å². The number of nitrogens with one attached hydrogen (secondary N) is 2. The summed E-state index contributed by atoms with van der Waals surface area (Å²) < 4.78 is 5.95. The van der Waals surface area contributed by atoms with Crippen molar-refractivity contribution in [3.05, 3.63) is 61.7 Å². The second-order valence-corrected chi connectivity index (χ2v) is 6.12. The molecule has 0 unspecified atom stereocenters. The molecule has 2 rings (SSSR count). The van der Waals surface area contributed by atoms with Crippen molar-refractivity contribution in [3.8, 4) is 0 Å². The highest BCUT2D eigenvalue weighted by molar-refractivity contribution is 14.1. The van der Waals surface area contributed by atoms with Crippen LogP contribution in [0.15, 0.2) is 42.5 Å². The van der Waals surface area contributed by atoms with E-state index in [1.165, 1.54) is 12.1 Å². The number of carbonyl (C=O) groups is 1. The molecule has 0 spiro atoms. The lowest BCUT2D eigenvalue weighted by molar-refractivity contribution is -0.384. The Hall–Kier alpha value is -2.20. The molecule has 0 bridgehead atoms. The number of rotatable bonds is 7. The number of methoxy groups -OCH3 is 1. The van der Waals surface area contributed by atoms with Crippen molar-refractivity contribution in [2.45, 2.75) is 0 Å². The Labute approximate surface area is 152 Å². The smallest absolute Gasteiger partial charge is 0.293 e. The van der Waals surface area contributed by atoms with Crippen molar-refractivity contribution in [3.63, 3.8) is 0 Å². The number of nitrogens with zero attached hydrogens (tertiary/aromatic N) is 1. The fraction of sp³-hybridized carbons (Fsp3) is 0.188. The lowest BCUT2D eigenvalue weighted by Gasteiger charge is -2.09. The van der Waals surface area contributed by atoms with E-state index in [9.17, 15) is 14.9 Å². The first-order valence-electron chi connectivity index (χ1n) is 7.09. The first-order chi connectivity index (χ1) is 11.5. The minimum atomic E-state index is -0.517. The van der Waals surface area contributed by atoms with Crippen LogP contribution in [0.25, 0.3) is 0 Å². The van der Waals surface area contributed by atoms with Gasteiger partial charge >= 0.3 is 0 Å². The maximum Gasteiger partial charge on any atom is 0.293 e. The average molecular weight is 441 g/mol. The van der Waals surface area contributed by atoms with Gasteiger partial charge in [-0.2, -0.15) is 0 Å². The molecule has 2 aromatic carbocycles. The van der Waals surface area contributed by atoms with Crippen LogP contribution in [0, 0.1) is 13.7 Å². The second-order valence-electron chi connectivity index (χ2n) is 4.87. The van der Waals surface area contributed by atoms with Gasteiger partial charge in [-0.15, -0.1) is 0 Å². The van der Waals surface area contributed by atoms with E-state index in [1.54, 1.807) is 25.3 Å². The minimum Gasteiger partial charge on any atom is -0.383 e. The number of ether oxygens (including phenoxy) is 1. The largest absolute Gasteiger partial charge is 0.383 e. The summed E-state index contributed by atoms with van der Waals surface area (Å²) in [7, 11) is 1.55. The monoisotopic (exact) mass is 441 g/mol. The molecule has 2 aromatic rings. The zero-order chi connectivity index (χ0) is 17.5. The normalized spacial score (nSPS) is 10.2. The third kappa shape index (κ3) is 4.90. The van der Waals surface area contributed by atoms with Crippen LogP contribution in [0.5, 0.6) is 0 Å². The standard InChI is InChI=1S/C16H16IN3O4/c1-24-9-8-18-14-7-2-11(10-15(14)20(22)23)16(21)19-13-5-3-12(17)4-6-13/h2-7,10,18H,8-9H2,1H3,(H,19,21). The Kier molecular flexibility index (Phi) is 6.50. The van der Waals surface area contributed by atoms with Crippen molar-refractivity contribution < 1.29 is 14.5 Å². The van der Waals surface area contributed by atoms with Gasteiger partial charge in [0, 0.05) is 34.5 Å². The Morgan fingerprint density at radius 3 is 2.58 bits per heavy atom. The molecule has 0 aliphatic carbocycles. The van der Waals surface area contributed by atoms with Crippen molar-refractivity contribution in [1.29, 1.82) is 0 Å². The van der Waals surface area contributed by atoms with Crippen molar-refractivity contribution in [2.24, 2.45) is 0 Å². The molecule has 2 N–H and O–H groups in total. The van der Waals surface area contributed by atoms with Gasteiger partial charge < -0.3 is 15.4 Å². The predicted octanol–water partition coefficient (Wildman–Crippen LogP) is 3.51. The van der Waals surface area contributed by atoms with Crippen molar-refractivity contribution in [1.82, 2.24) is 0 Å². The van der Waals surface area contributed by atoms with E-state index in [0.717, 1.165) is 3.57 Å². The van der Waals surface area contributed by atoms with Gasteiger partial charge in [0.2, 0.25) is 0 Å². The fourth-order valence-corrected chi connectivity index (χ4v) is 2.36. The maximum absolute atomic E-state index is 12.3. The van der Waals surface area contributed by atoms with Crippen LogP contribution in [0.4, 0.5) is 17.1 Å². The zero-order valence-corrected chi connectivity index (χ0v) is 15.1. The summed E-state index contributed by atoms with van der Waals surface area (Å²) in [6.07, 6.45) is 0. The number of hydrogen-bond donors (Lipinski definition) is 2. The van der Waals surface area contributed by atoms with Gasteiger partial charge in [-0.3, -0.25) is 14.9 Å². The SMILES string of the molecule is COCCNc1ccc(C(=O)Nc2ccc(I)cc2)cc1[N+](=O)[O-]. The first-order valence-corrected chi connectivity index (χ1v) is 8.17. The number of hydrogen-bond acceptors (Lipinski definition) is 5. The quantitative estimate of drug-likeness (QED) is 0.297. The molecule has 24 heavy (non-hydrogen) atoms. The van der Waals surface area contributed by atoms with Crippen LogP contribution < -0.4 is 10.6 Å². The topological polar surface area (TPSA) is 93.5 Å². The number of benzene rings is 2. The van der Waals surface area contributed by atoms with E-state index in [4.69, 9.17) is 4.74 Å². The molecule has 0 heterocycles. The molecular formula is C16H16IN3O4. The molecule has 0 radical (unpaired) electrons. The fourth-order valence-electron chi connectivity index (χ4n) is 2.00. The molecule has 0 aromatic heterocycles. The number of nitro groups is 1. The minimum absolute atomic E-state index is 0.152. The highest BCUT2D eigenvalue weighted by atomic mass is 127. The summed E-state index contributed by atoms with van der Waals surface area (Å²) in [6, 6.07) is 11.6. The van der Waals surface area contributed by atoms with Gasteiger partial charge in [-0.1, -0.05) is 0 Å². The molecule has 126 valence electrons. The lowest BCUT2D eigenvalue weighted by atomic mass is 10.1. The summed E-state index contributed by atoms with van der Waals surface area (Å²) >= 11 is 2.17. The van der Waals surface area contributed by atoms with Crippen LogP contribution in [0.1, 0.15) is 10.4 Å². The predicted molar refractivity (Wildman–Crippen MR) is 101 cm³/mol. The van der Waals surface area contributed by atoms with E-state index in [0.29, 0.717) is 24.5 Å². The Morgan fingerprint density at radius 1 is 1.25 bits per heavy atom. The molecule has 0 fully saturated rings. The van der Waals surface area contributed by atoms with Crippen molar-refractivity contribution >= 4 is 45.6 Å². The molecule has 0 aliphatic heterocycles. The molecule has 1 amide bonds. The molecule has 0 saturated heterocycles. The molecule has 0 saturated carbocycles. The molecular weight excluding hydrogens is 425 g/mol. The van der Waals surface area contributed by atoms with Crippen LogP contribution >= 0.6 is 22.6 Å². The number of amides is 1. The second kappa shape index (κ2) is 8.60. The third-order valence-electron chi connectivity index (χ3n) is 3.18. The van der Waals surface area contributed by atoms with Gasteiger partial charge in [0.15, 0.2) is 0 Å². The summed E-state index contributed by atoms with van der Waals surface area (Å²) in [5, 5.41) is 16.9. The van der Waals surface area contributed by atoms with Crippen molar-refractivity contribution in [2.75, 3.05) is 30.9 Å². The van der Waals surface area contributed by atoms with E-state index in [1.807, 2.05) is 12.1 Å². The number of nitro benzene ring substituents is 1. The molecule has 0 aliphatic rings. The van der Waals surface area contributed by atoms with Gasteiger partial charge in [-0.25, -0.2) is 0 Å². The van der Waals surface area contributed by atoms with Crippen LogP contribution in [0.2, 0.25) is 0 Å². The zero-order valence-electron chi connectivity index (χ0n) is 12.9. The van der Waals surface area contributed by atoms with E-state index in [-0.39, 0.29) is 11.3 Å². The van der Waals surface area contributed by atoms with Gasteiger partial charge in [0.25, 0.3) is 11.6 Å². The number of halogens is 1. The number of carbonyl (C=O) groups excluding carboxylic acids is 1. The highest BCUT2D eigenvalue weighted by Crippen LogP contribution is 2.26. The maximum atomic E-state index is 12.3. The van der Waals surface area contributed by atoms with Crippen LogP contribution in [-0.4, -0.2) is 31.1 Å². The molecule has 8 heteroatoms. The average Bonchev–Trinajstić information content (AvgIpc) is 2.57. The van der Waals surface area contributed by atoms with E-state index >= 15 is 0 Å². The van der Waals surface area contributed by atoms with E-state index in [2.05, 4.69) is 33.2 Å². The Balaban J connectivity index is 2.17. The van der Waals surface area contributed by atoms with Crippen LogP contribution in [0.3, 0.4) is 0 Å². The third-order valence-corrected chi connectivity index (χ3v) is 3.90. The molecule has 0 atom stereocenters. The summed E-state index contributed by atoms with van der Waals surface area (Å²) in [6.45, 7) is 0.859. The van der Waals surface area contributed by atoms with E-state index < -0.39 is 10.8 Å². The molecule has 7 nitrogen and oxygen atoms in total. The Bertz CT molecular complexity index is 735. The summed E-state index contributed by atoms with van der Waals surface area (Å²) in [5.41, 5.74) is 1.05. The van der Waals surface area contributed by atoms with Gasteiger partial charge in [-0.05, 0) is 59.0 Å². The van der Waals surface area contributed by atoms with Gasteiger partial charge in [0.05, 0.1) is 11.5 Å². The summed E-state index contributed by atoms with van der Waals surface area (Å²) in [4.78, 5) is 23.0. The highest BCUT2D eigenvalue weighted by Gasteiger charge is 2.17. The Morgan fingerprint density at radius 2 is 1.96 bits per heavy atom. The van der Waals surface area contributed by atoms with Gasteiger partial charge in [0.1, 0.15) is 5.69 Å². The summed E-state index contributed by atoms with van der Waals surface area (Å²) in [5.74, 6) is -0.400. The first kappa shape index (κ1) is 18.1. The lowest BCUT2D eigenvalue weighted by Crippen LogP contribution is -2.13.